The fourth-order valence-corrected chi connectivity index (χ4v) is 6.09. The lowest BCUT2D eigenvalue weighted by Gasteiger charge is -2.29. The normalized spacial score (nSPS) is 19.6. The van der Waals surface area contributed by atoms with Gasteiger partial charge < -0.3 is 9.47 Å². The standard InChI is InChI=1S/C29H33N5O4S/c1-4-16-33-28(36)30-31-29(33)39-18-25(35)34-27(20-10-14-23(38-3)15-11-20)24-7-5-6-21(26(24)32-34)17-19-8-12-22(37-2)13-9-19/h8-15,17,24,27H,4-7,16,18H2,1-3H3,(H,30,36)/b21-17-/t24-,27+/m0/s1. The summed E-state index contributed by atoms with van der Waals surface area (Å²) in [6.07, 6.45) is 5.84. The first-order valence-electron chi connectivity index (χ1n) is 13.2. The van der Waals surface area contributed by atoms with Crippen molar-refractivity contribution in [1.29, 1.82) is 0 Å². The van der Waals surface area contributed by atoms with Gasteiger partial charge in [0.05, 0.1) is 31.7 Å². The number of nitrogens with zero attached hydrogens (tertiary/aromatic N) is 4. The summed E-state index contributed by atoms with van der Waals surface area (Å²) >= 11 is 1.26. The van der Waals surface area contributed by atoms with Crippen LogP contribution in [0.15, 0.2) is 69.2 Å². The maximum Gasteiger partial charge on any atom is 0.343 e. The molecule has 0 unspecified atom stereocenters. The van der Waals surface area contributed by atoms with Gasteiger partial charge in [0.25, 0.3) is 5.91 Å². The van der Waals surface area contributed by atoms with Crippen molar-refractivity contribution in [3.8, 4) is 11.5 Å². The molecular formula is C29H33N5O4S. The summed E-state index contributed by atoms with van der Waals surface area (Å²) in [6, 6.07) is 15.6. The third kappa shape index (κ3) is 5.66. The molecule has 0 spiro atoms. The lowest BCUT2D eigenvalue weighted by molar-refractivity contribution is -0.130. The molecule has 3 aromatic rings. The van der Waals surface area contributed by atoms with Gasteiger partial charge in [0.15, 0.2) is 5.16 Å². The molecule has 5 rings (SSSR count). The molecule has 2 aromatic carbocycles. The summed E-state index contributed by atoms with van der Waals surface area (Å²) in [4.78, 5) is 25.8. The number of fused-ring (bicyclic) bond motifs is 1. The molecule has 1 saturated carbocycles. The van der Waals surface area contributed by atoms with E-state index in [4.69, 9.17) is 14.6 Å². The van der Waals surface area contributed by atoms with Crippen LogP contribution in [0.25, 0.3) is 6.08 Å². The fraction of sp³-hybridized carbons (Fsp3) is 0.379. The largest absolute Gasteiger partial charge is 0.497 e. The van der Waals surface area contributed by atoms with Crippen molar-refractivity contribution in [2.45, 2.75) is 50.4 Å². The van der Waals surface area contributed by atoms with Crippen LogP contribution in [-0.2, 0) is 11.3 Å². The maximum atomic E-state index is 13.7. The van der Waals surface area contributed by atoms with Gasteiger partial charge in [-0.3, -0.25) is 9.36 Å². The van der Waals surface area contributed by atoms with Crippen LogP contribution >= 0.6 is 11.8 Å². The number of hydrogen-bond acceptors (Lipinski definition) is 7. The molecule has 2 heterocycles. The van der Waals surface area contributed by atoms with Gasteiger partial charge in [0.2, 0.25) is 0 Å². The van der Waals surface area contributed by atoms with Crippen LogP contribution < -0.4 is 15.2 Å². The number of nitrogens with one attached hydrogen (secondary N) is 1. The molecule has 0 radical (unpaired) electrons. The second-order valence-corrected chi connectivity index (χ2v) is 10.6. The summed E-state index contributed by atoms with van der Waals surface area (Å²) in [6.45, 7) is 2.55. The minimum Gasteiger partial charge on any atom is -0.497 e. The van der Waals surface area contributed by atoms with E-state index in [1.807, 2.05) is 55.5 Å². The maximum absolute atomic E-state index is 13.7. The first-order valence-corrected chi connectivity index (χ1v) is 14.2. The number of methoxy groups -OCH3 is 2. The van der Waals surface area contributed by atoms with Crippen molar-refractivity contribution < 1.29 is 14.3 Å². The number of ether oxygens (including phenoxy) is 2. The highest BCUT2D eigenvalue weighted by atomic mass is 32.2. The van der Waals surface area contributed by atoms with Gasteiger partial charge in [-0.15, -0.1) is 5.10 Å². The van der Waals surface area contributed by atoms with E-state index >= 15 is 0 Å². The van der Waals surface area contributed by atoms with Crippen LogP contribution in [0.3, 0.4) is 0 Å². The number of rotatable bonds is 9. The number of thioether (sulfide) groups is 1. The average molecular weight is 548 g/mol. The molecule has 0 bridgehead atoms. The van der Waals surface area contributed by atoms with Crippen LogP contribution in [0, 0.1) is 5.92 Å². The van der Waals surface area contributed by atoms with Gasteiger partial charge in [0.1, 0.15) is 11.5 Å². The minimum absolute atomic E-state index is 0.0919. The molecule has 1 amide bonds. The van der Waals surface area contributed by atoms with Gasteiger partial charge in [-0.25, -0.2) is 14.9 Å². The summed E-state index contributed by atoms with van der Waals surface area (Å²) < 4.78 is 12.2. The molecule has 10 heteroatoms. The molecule has 2 aliphatic rings. The van der Waals surface area contributed by atoms with E-state index in [1.165, 1.54) is 11.8 Å². The van der Waals surface area contributed by atoms with Crippen LogP contribution in [0.4, 0.5) is 0 Å². The summed E-state index contributed by atoms with van der Waals surface area (Å²) in [5.41, 5.74) is 3.96. The average Bonchev–Trinajstić information content (AvgIpc) is 3.53. The van der Waals surface area contributed by atoms with E-state index < -0.39 is 0 Å². The topological polar surface area (TPSA) is 102 Å². The predicted molar refractivity (Wildman–Crippen MR) is 152 cm³/mol. The Morgan fingerprint density at radius 3 is 2.46 bits per heavy atom. The zero-order valence-electron chi connectivity index (χ0n) is 22.4. The highest BCUT2D eigenvalue weighted by Gasteiger charge is 2.43. The molecule has 0 saturated heterocycles. The smallest absolute Gasteiger partial charge is 0.343 e. The Morgan fingerprint density at radius 2 is 1.79 bits per heavy atom. The second-order valence-electron chi connectivity index (χ2n) is 9.63. The molecule has 1 N–H and O–H groups in total. The van der Waals surface area contributed by atoms with E-state index in [2.05, 4.69) is 16.3 Å². The van der Waals surface area contributed by atoms with Crippen LogP contribution in [0.5, 0.6) is 11.5 Å². The van der Waals surface area contributed by atoms with Gasteiger partial charge in [-0.1, -0.05) is 43.0 Å². The van der Waals surface area contributed by atoms with E-state index in [1.54, 1.807) is 23.8 Å². The number of hydrogen-bond donors (Lipinski definition) is 1. The Hall–Kier alpha value is -3.79. The number of amides is 1. The van der Waals surface area contributed by atoms with Crippen molar-refractivity contribution >= 4 is 29.5 Å². The summed E-state index contributed by atoms with van der Waals surface area (Å²) in [5, 5.41) is 13.7. The molecule has 1 aliphatic carbocycles. The lowest BCUT2D eigenvalue weighted by Crippen LogP contribution is -2.33. The quantitative estimate of drug-likeness (QED) is 0.382. The molecule has 9 nitrogen and oxygen atoms in total. The minimum atomic E-state index is -0.261. The van der Waals surface area contributed by atoms with E-state index in [0.717, 1.165) is 59.6 Å². The van der Waals surface area contributed by atoms with Crippen molar-refractivity contribution in [2.24, 2.45) is 11.0 Å². The third-order valence-electron chi connectivity index (χ3n) is 7.17. The van der Waals surface area contributed by atoms with Crippen molar-refractivity contribution in [2.75, 3.05) is 20.0 Å². The zero-order chi connectivity index (χ0) is 27.4. The van der Waals surface area contributed by atoms with Crippen molar-refractivity contribution in [3.05, 3.63) is 75.7 Å². The third-order valence-corrected chi connectivity index (χ3v) is 8.13. The second kappa shape index (κ2) is 11.9. The molecule has 1 fully saturated rings. The number of aromatic amines is 1. The molecular weight excluding hydrogens is 514 g/mol. The van der Waals surface area contributed by atoms with Gasteiger partial charge in [-0.2, -0.15) is 5.10 Å². The Kier molecular flexibility index (Phi) is 8.21. The van der Waals surface area contributed by atoms with E-state index in [0.29, 0.717) is 11.7 Å². The van der Waals surface area contributed by atoms with Gasteiger partial charge >= 0.3 is 5.69 Å². The van der Waals surface area contributed by atoms with Crippen LogP contribution in [0.1, 0.15) is 49.8 Å². The zero-order valence-corrected chi connectivity index (χ0v) is 23.2. The summed E-state index contributed by atoms with van der Waals surface area (Å²) in [7, 11) is 3.30. The van der Waals surface area contributed by atoms with E-state index in [-0.39, 0.29) is 29.3 Å². The number of carbonyl (C=O) groups excluding carboxylic acids is 1. The number of allylic oxidation sites excluding steroid dienone is 1. The molecule has 2 atom stereocenters. The van der Waals surface area contributed by atoms with Gasteiger partial charge in [-0.05, 0) is 72.7 Å². The molecule has 1 aliphatic heterocycles. The SMILES string of the molecule is CCCn1c(SCC(=O)N2N=C3/C(=C\c4ccc(OC)cc4)CCC[C@@H]3[C@H]2c2ccc(OC)cc2)n[nH]c1=O. The number of H-pyrrole nitrogens is 1. The summed E-state index contributed by atoms with van der Waals surface area (Å²) in [5.74, 6) is 1.68. The Morgan fingerprint density at radius 1 is 1.10 bits per heavy atom. The highest BCUT2D eigenvalue weighted by molar-refractivity contribution is 7.99. The highest BCUT2D eigenvalue weighted by Crippen LogP contribution is 2.45. The predicted octanol–water partition coefficient (Wildman–Crippen LogP) is 4.91. The molecule has 204 valence electrons. The Balaban J connectivity index is 1.45. The number of benzene rings is 2. The molecule has 39 heavy (non-hydrogen) atoms. The van der Waals surface area contributed by atoms with Crippen LogP contribution in [-0.4, -0.2) is 51.4 Å². The monoisotopic (exact) mass is 547 g/mol. The lowest BCUT2D eigenvalue weighted by atomic mass is 9.77. The Bertz CT molecular complexity index is 1430. The van der Waals surface area contributed by atoms with Crippen molar-refractivity contribution in [3.63, 3.8) is 0 Å². The van der Waals surface area contributed by atoms with Gasteiger partial charge in [0, 0.05) is 12.5 Å². The van der Waals surface area contributed by atoms with Crippen LogP contribution in [0.2, 0.25) is 0 Å². The first-order chi connectivity index (χ1) is 19.0. The number of aromatic nitrogens is 3. The van der Waals surface area contributed by atoms with Crippen molar-refractivity contribution in [1.82, 2.24) is 19.8 Å². The fourth-order valence-electron chi connectivity index (χ4n) is 5.27. The number of hydrazone groups is 1. The molecule has 1 aromatic heterocycles. The first kappa shape index (κ1) is 26.8. The Labute approximate surface area is 231 Å². The number of carbonyl (C=O) groups is 1. The van der Waals surface area contributed by atoms with E-state index in [9.17, 15) is 9.59 Å².